The zero-order valence-electron chi connectivity index (χ0n) is 12.3. The van der Waals surface area contributed by atoms with Crippen LogP contribution in [0, 0.1) is 6.92 Å². The number of hydrogen-bond donors (Lipinski definition) is 1. The van der Waals surface area contributed by atoms with E-state index in [1.165, 1.54) is 0 Å². The first-order valence-electron chi connectivity index (χ1n) is 6.54. The third-order valence-electron chi connectivity index (χ3n) is 2.70. The SMILES string of the molecule is COCCOCCNc1nc(C)cn1C(C)COC. The van der Waals surface area contributed by atoms with Gasteiger partial charge in [-0.05, 0) is 13.8 Å². The average Bonchev–Trinajstić information content (AvgIpc) is 2.75. The lowest BCUT2D eigenvalue weighted by molar-refractivity contribution is 0.0758. The van der Waals surface area contributed by atoms with Crippen molar-refractivity contribution in [1.82, 2.24) is 9.55 Å². The fourth-order valence-corrected chi connectivity index (χ4v) is 1.78. The molecule has 6 heteroatoms. The van der Waals surface area contributed by atoms with E-state index in [4.69, 9.17) is 14.2 Å². The molecule has 110 valence electrons. The van der Waals surface area contributed by atoms with Crippen molar-refractivity contribution in [2.45, 2.75) is 19.9 Å². The molecule has 1 atom stereocenters. The smallest absolute Gasteiger partial charge is 0.203 e. The minimum atomic E-state index is 0.253. The van der Waals surface area contributed by atoms with Gasteiger partial charge >= 0.3 is 0 Å². The first-order chi connectivity index (χ1) is 9.19. The second-order valence-electron chi connectivity index (χ2n) is 4.45. The number of imidazole rings is 1. The average molecular weight is 271 g/mol. The van der Waals surface area contributed by atoms with Crippen LogP contribution in [0.1, 0.15) is 18.7 Å². The highest BCUT2D eigenvalue weighted by Crippen LogP contribution is 2.15. The molecule has 0 aliphatic rings. The maximum atomic E-state index is 5.40. The summed E-state index contributed by atoms with van der Waals surface area (Å²) in [5.74, 6) is 0.859. The molecule has 19 heavy (non-hydrogen) atoms. The van der Waals surface area contributed by atoms with Crippen molar-refractivity contribution in [3.8, 4) is 0 Å². The van der Waals surface area contributed by atoms with Crippen LogP contribution in [0.3, 0.4) is 0 Å². The van der Waals surface area contributed by atoms with E-state index >= 15 is 0 Å². The Kier molecular flexibility index (Phi) is 7.47. The third-order valence-corrected chi connectivity index (χ3v) is 2.70. The molecule has 1 rings (SSSR count). The number of anilines is 1. The van der Waals surface area contributed by atoms with Gasteiger partial charge < -0.3 is 24.1 Å². The van der Waals surface area contributed by atoms with E-state index in [0.717, 1.165) is 18.2 Å². The van der Waals surface area contributed by atoms with Crippen LogP contribution in [0.4, 0.5) is 5.95 Å². The molecule has 0 bridgehead atoms. The van der Waals surface area contributed by atoms with Crippen LogP contribution in [0.15, 0.2) is 6.20 Å². The molecule has 0 aliphatic heterocycles. The minimum Gasteiger partial charge on any atom is -0.383 e. The van der Waals surface area contributed by atoms with E-state index in [1.54, 1.807) is 14.2 Å². The van der Waals surface area contributed by atoms with Gasteiger partial charge in [0.25, 0.3) is 0 Å². The Labute approximate surface area is 115 Å². The van der Waals surface area contributed by atoms with Crippen molar-refractivity contribution in [1.29, 1.82) is 0 Å². The van der Waals surface area contributed by atoms with Crippen LogP contribution >= 0.6 is 0 Å². The van der Waals surface area contributed by atoms with Crippen molar-refractivity contribution in [3.05, 3.63) is 11.9 Å². The van der Waals surface area contributed by atoms with Crippen LogP contribution in [0.25, 0.3) is 0 Å². The second-order valence-corrected chi connectivity index (χ2v) is 4.45. The van der Waals surface area contributed by atoms with Crippen molar-refractivity contribution in [2.24, 2.45) is 0 Å². The summed E-state index contributed by atoms with van der Waals surface area (Å²) in [5, 5.41) is 3.28. The fourth-order valence-electron chi connectivity index (χ4n) is 1.78. The van der Waals surface area contributed by atoms with Gasteiger partial charge in [0.15, 0.2) is 0 Å². The number of nitrogens with zero attached hydrogens (tertiary/aromatic N) is 2. The number of methoxy groups -OCH3 is 2. The molecule has 1 aromatic heterocycles. The summed E-state index contributed by atoms with van der Waals surface area (Å²) < 4.78 is 17.6. The third kappa shape index (κ3) is 5.59. The normalized spacial score (nSPS) is 12.6. The van der Waals surface area contributed by atoms with Gasteiger partial charge in [-0.15, -0.1) is 0 Å². The fraction of sp³-hybridized carbons (Fsp3) is 0.769. The summed E-state index contributed by atoms with van der Waals surface area (Å²) in [6.45, 7) is 7.34. The van der Waals surface area contributed by atoms with Crippen molar-refractivity contribution >= 4 is 5.95 Å². The highest BCUT2D eigenvalue weighted by Gasteiger charge is 2.11. The van der Waals surface area contributed by atoms with E-state index in [0.29, 0.717) is 26.4 Å². The monoisotopic (exact) mass is 271 g/mol. The molecular formula is C13H25N3O3. The lowest BCUT2D eigenvalue weighted by Gasteiger charge is -2.16. The summed E-state index contributed by atoms with van der Waals surface area (Å²) in [7, 11) is 3.37. The summed E-state index contributed by atoms with van der Waals surface area (Å²) in [4.78, 5) is 4.46. The standard InChI is InChI=1S/C13H25N3O3/c1-11-9-16(12(2)10-18-4)13(15-11)14-5-6-19-8-7-17-3/h9,12H,5-8,10H2,1-4H3,(H,14,15). The van der Waals surface area contributed by atoms with Crippen molar-refractivity contribution in [2.75, 3.05) is 52.5 Å². The van der Waals surface area contributed by atoms with E-state index in [1.807, 2.05) is 13.1 Å². The molecule has 0 aliphatic carbocycles. The first kappa shape index (κ1) is 15.9. The molecule has 6 nitrogen and oxygen atoms in total. The van der Waals surface area contributed by atoms with Gasteiger partial charge in [0.1, 0.15) is 0 Å². The molecule has 0 saturated heterocycles. The molecule has 1 N–H and O–H groups in total. The zero-order valence-corrected chi connectivity index (χ0v) is 12.3. The quantitative estimate of drug-likeness (QED) is 0.653. The number of ether oxygens (including phenoxy) is 3. The summed E-state index contributed by atoms with van der Waals surface area (Å²) >= 11 is 0. The summed E-state index contributed by atoms with van der Waals surface area (Å²) in [6, 6.07) is 0.253. The zero-order chi connectivity index (χ0) is 14.1. The molecule has 1 heterocycles. The van der Waals surface area contributed by atoms with Crippen molar-refractivity contribution in [3.63, 3.8) is 0 Å². The number of rotatable bonds is 10. The minimum absolute atomic E-state index is 0.253. The van der Waals surface area contributed by atoms with Crippen LogP contribution in [-0.4, -0.2) is 56.7 Å². The van der Waals surface area contributed by atoms with Crippen LogP contribution in [-0.2, 0) is 14.2 Å². The largest absolute Gasteiger partial charge is 0.383 e. The van der Waals surface area contributed by atoms with Gasteiger partial charge in [0.05, 0.1) is 38.2 Å². The predicted octanol–water partition coefficient (Wildman–Crippen LogP) is 1.47. The molecule has 0 spiro atoms. The molecule has 1 aromatic rings. The van der Waals surface area contributed by atoms with E-state index in [9.17, 15) is 0 Å². The van der Waals surface area contributed by atoms with Crippen LogP contribution in [0.2, 0.25) is 0 Å². The highest BCUT2D eigenvalue weighted by molar-refractivity contribution is 5.29. The maximum absolute atomic E-state index is 5.40. The van der Waals surface area contributed by atoms with Gasteiger partial charge in [0, 0.05) is 27.0 Å². The van der Waals surface area contributed by atoms with Crippen LogP contribution in [0.5, 0.6) is 0 Å². The Morgan fingerprint density at radius 2 is 2.05 bits per heavy atom. The van der Waals surface area contributed by atoms with Gasteiger partial charge in [-0.2, -0.15) is 0 Å². The van der Waals surface area contributed by atoms with Gasteiger partial charge in [0.2, 0.25) is 5.95 Å². The van der Waals surface area contributed by atoms with E-state index in [-0.39, 0.29) is 6.04 Å². The molecule has 1 unspecified atom stereocenters. The Bertz CT molecular complexity index is 355. The Balaban J connectivity index is 2.40. The lowest BCUT2D eigenvalue weighted by atomic mass is 10.3. The first-order valence-corrected chi connectivity index (χ1v) is 6.54. The molecule has 0 radical (unpaired) electrons. The molecule has 0 saturated carbocycles. The van der Waals surface area contributed by atoms with Gasteiger partial charge in [-0.25, -0.2) is 4.98 Å². The summed E-state index contributed by atoms with van der Waals surface area (Å²) in [6.07, 6.45) is 2.03. The number of nitrogens with one attached hydrogen (secondary N) is 1. The maximum Gasteiger partial charge on any atom is 0.203 e. The van der Waals surface area contributed by atoms with Crippen LogP contribution < -0.4 is 5.32 Å². The highest BCUT2D eigenvalue weighted by atomic mass is 16.5. The van der Waals surface area contributed by atoms with Crippen molar-refractivity contribution < 1.29 is 14.2 Å². The Morgan fingerprint density at radius 1 is 1.26 bits per heavy atom. The topological polar surface area (TPSA) is 57.5 Å². The molecule has 0 fully saturated rings. The lowest BCUT2D eigenvalue weighted by Crippen LogP contribution is -2.17. The van der Waals surface area contributed by atoms with E-state index < -0.39 is 0 Å². The Morgan fingerprint density at radius 3 is 2.74 bits per heavy atom. The summed E-state index contributed by atoms with van der Waals surface area (Å²) in [5.41, 5.74) is 0.991. The second kappa shape index (κ2) is 8.90. The van der Waals surface area contributed by atoms with Gasteiger partial charge in [-0.1, -0.05) is 0 Å². The molecule has 0 amide bonds. The van der Waals surface area contributed by atoms with E-state index in [2.05, 4.69) is 21.8 Å². The number of hydrogen-bond acceptors (Lipinski definition) is 5. The molecule has 0 aromatic carbocycles. The number of aryl methyl sites for hydroxylation is 1. The molecular weight excluding hydrogens is 246 g/mol. The predicted molar refractivity (Wildman–Crippen MR) is 74.7 cm³/mol. The number of aromatic nitrogens is 2. The Hall–Kier alpha value is -1.11. The van der Waals surface area contributed by atoms with Gasteiger partial charge in [-0.3, -0.25) is 0 Å².